The zero-order chi connectivity index (χ0) is 17.9. The third kappa shape index (κ3) is 3.89. The van der Waals surface area contributed by atoms with Crippen LogP contribution in [0.15, 0.2) is 29.2 Å². The van der Waals surface area contributed by atoms with Crippen molar-refractivity contribution in [1.29, 1.82) is 0 Å². The highest BCUT2D eigenvalue weighted by Crippen LogP contribution is 2.24. The minimum atomic E-state index is -3.70. The fourth-order valence-electron chi connectivity index (χ4n) is 3.20. The average Bonchev–Trinajstić information content (AvgIpc) is 2.54. The molecule has 0 spiro atoms. The van der Waals surface area contributed by atoms with Gasteiger partial charge in [0, 0.05) is 19.1 Å². The molecule has 0 aromatic heterocycles. The van der Waals surface area contributed by atoms with Gasteiger partial charge in [-0.15, -0.1) is 0 Å². The van der Waals surface area contributed by atoms with Crippen LogP contribution in [0.1, 0.15) is 33.1 Å². The first-order valence-corrected chi connectivity index (χ1v) is 9.63. The van der Waals surface area contributed by atoms with Crippen LogP contribution < -0.4 is 4.74 Å². The smallest absolute Gasteiger partial charge is 0.243 e. The standard InChI is InChI=1S/C17H26N2O4S/c1-13-6-5-7-14(2)19(13)17(20)12-18(3)24(21,22)16-10-8-15(23-4)9-11-16/h8-11,13-14H,5-7,12H2,1-4H3. The normalized spacial score (nSPS) is 21.8. The number of benzene rings is 1. The van der Waals surface area contributed by atoms with Crippen molar-refractivity contribution in [2.45, 2.75) is 50.1 Å². The summed E-state index contributed by atoms with van der Waals surface area (Å²) in [5.41, 5.74) is 0. The summed E-state index contributed by atoms with van der Waals surface area (Å²) in [6.07, 6.45) is 3.03. The Balaban J connectivity index is 2.11. The highest BCUT2D eigenvalue weighted by Gasteiger charge is 2.31. The molecule has 1 saturated heterocycles. The number of hydrogen-bond donors (Lipinski definition) is 0. The number of nitrogens with zero attached hydrogens (tertiary/aromatic N) is 2. The molecule has 0 N–H and O–H groups in total. The van der Waals surface area contributed by atoms with E-state index in [9.17, 15) is 13.2 Å². The number of methoxy groups -OCH3 is 1. The Kier molecular flexibility index (Phi) is 5.87. The minimum Gasteiger partial charge on any atom is -0.497 e. The maximum absolute atomic E-state index is 12.6. The van der Waals surface area contributed by atoms with E-state index < -0.39 is 10.0 Å². The summed E-state index contributed by atoms with van der Waals surface area (Å²) < 4.78 is 31.4. The van der Waals surface area contributed by atoms with E-state index in [-0.39, 0.29) is 29.4 Å². The van der Waals surface area contributed by atoms with Crippen molar-refractivity contribution >= 4 is 15.9 Å². The molecule has 1 amide bonds. The third-order valence-electron chi connectivity index (χ3n) is 4.61. The van der Waals surface area contributed by atoms with Crippen LogP contribution in [0, 0.1) is 0 Å². The summed E-state index contributed by atoms with van der Waals surface area (Å²) in [6, 6.07) is 6.47. The van der Waals surface area contributed by atoms with E-state index in [1.165, 1.54) is 26.3 Å². The van der Waals surface area contributed by atoms with E-state index in [4.69, 9.17) is 4.74 Å². The molecule has 1 aromatic rings. The van der Waals surface area contributed by atoms with E-state index in [0.29, 0.717) is 5.75 Å². The van der Waals surface area contributed by atoms with Crippen LogP contribution in [-0.2, 0) is 14.8 Å². The Morgan fingerprint density at radius 3 is 2.25 bits per heavy atom. The predicted octanol–water partition coefficient (Wildman–Crippen LogP) is 2.11. The van der Waals surface area contributed by atoms with Crippen molar-refractivity contribution in [2.24, 2.45) is 0 Å². The molecule has 1 aliphatic heterocycles. The molecule has 134 valence electrons. The van der Waals surface area contributed by atoms with Gasteiger partial charge in [-0.2, -0.15) is 4.31 Å². The van der Waals surface area contributed by atoms with Crippen molar-refractivity contribution in [3.63, 3.8) is 0 Å². The number of likely N-dealkylation sites (tertiary alicyclic amines) is 1. The molecule has 7 heteroatoms. The molecule has 1 heterocycles. The Bertz CT molecular complexity index is 662. The van der Waals surface area contributed by atoms with E-state index in [0.717, 1.165) is 23.6 Å². The van der Waals surface area contributed by atoms with Crippen LogP contribution in [0.4, 0.5) is 0 Å². The lowest BCUT2D eigenvalue weighted by Gasteiger charge is -2.39. The second kappa shape index (κ2) is 7.53. The molecule has 0 bridgehead atoms. The van der Waals surface area contributed by atoms with Crippen LogP contribution >= 0.6 is 0 Å². The summed E-state index contributed by atoms with van der Waals surface area (Å²) in [6.45, 7) is 3.89. The molecule has 2 unspecified atom stereocenters. The second-order valence-electron chi connectivity index (χ2n) is 6.37. The first kappa shape index (κ1) is 18.7. The average molecular weight is 354 g/mol. The van der Waals surface area contributed by atoms with Crippen LogP contribution in [0.25, 0.3) is 0 Å². The highest BCUT2D eigenvalue weighted by atomic mass is 32.2. The number of ether oxygens (including phenoxy) is 1. The van der Waals surface area contributed by atoms with Gasteiger partial charge in [-0.1, -0.05) is 0 Å². The molecule has 2 rings (SSSR count). The quantitative estimate of drug-likeness (QED) is 0.812. The Morgan fingerprint density at radius 1 is 1.21 bits per heavy atom. The molecule has 1 aromatic carbocycles. The monoisotopic (exact) mass is 354 g/mol. The zero-order valence-corrected chi connectivity index (χ0v) is 15.5. The van der Waals surface area contributed by atoms with Crippen LogP contribution in [-0.4, -0.2) is 56.3 Å². The van der Waals surface area contributed by atoms with E-state index in [2.05, 4.69) is 0 Å². The number of likely N-dealkylation sites (N-methyl/N-ethyl adjacent to an activating group) is 1. The predicted molar refractivity (Wildman–Crippen MR) is 92.4 cm³/mol. The van der Waals surface area contributed by atoms with Gasteiger partial charge in [-0.3, -0.25) is 4.79 Å². The van der Waals surface area contributed by atoms with Crippen LogP contribution in [0.5, 0.6) is 5.75 Å². The molecule has 1 aliphatic rings. The molecule has 6 nitrogen and oxygen atoms in total. The SMILES string of the molecule is COc1ccc(S(=O)(=O)N(C)CC(=O)N2C(C)CCCC2C)cc1. The molecule has 0 saturated carbocycles. The summed E-state index contributed by atoms with van der Waals surface area (Å²) in [7, 11) is -0.738. The molecule has 1 fully saturated rings. The minimum absolute atomic E-state index is 0.144. The summed E-state index contributed by atoms with van der Waals surface area (Å²) in [5, 5.41) is 0. The first-order chi connectivity index (χ1) is 11.3. The van der Waals surface area contributed by atoms with Crippen molar-refractivity contribution in [3.05, 3.63) is 24.3 Å². The Labute approximate surface area is 144 Å². The van der Waals surface area contributed by atoms with Gasteiger partial charge in [-0.25, -0.2) is 8.42 Å². The Hall–Kier alpha value is -1.60. The lowest BCUT2D eigenvalue weighted by molar-refractivity contribution is -0.137. The molecular weight excluding hydrogens is 328 g/mol. The van der Waals surface area contributed by atoms with Gasteiger partial charge >= 0.3 is 0 Å². The number of sulfonamides is 1. The van der Waals surface area contributed by atoms with Crippen molar-refractivity contribution in [3.8, 4) is 5.75 Å². The number of carbonyl (C=O) groups excluding carboxylic acids is 1. The number of carbonyl (C=O) groups is 1. The van der Waals surface area contributed by atoms with Crippen LogP contribution in [0.2, 0.25) is 0 Å². The molecule has 24 heavy (non-hydrogen) atoms. The van der Waals surface area contributed by atoms with Gasteiger partial charge in [-0.05, 0) is 57.4 Å². The zero-order valence-electron chi connectivity index (χ0n) is 14.7. The third-order valence-corrected chi connectivity index (χ3v) is 6.42. The molecule has 0 radical (unpaired) electrons. The van der Waals surface area contributed by atoms with Gasteiger partial charge in [0.05, 0.1) is 18.6 Å². The summed E-state index contributed by atoms with van der Waals surface area (Å²) >= 11 is 0. The Morgan fingerprint density at radius 2 is 1.75 bits per heavy atom. The molecule has 0 aliphatic carbocycles. The van der Waals surface area contributed by atoms with E-state index in [1.54, 1.807) is 12.1 Å². The van der Waals surface area contributed by atoms with Crippen molar-refractivity contribution in [2.75, 3.05) is 20.7 Å². The second-order valence-corrected chi connectivity index (χ2v) is 8.41. The fourth-order valence-corrected chi connectivity index (χ4v) is 4.32. The lowest BCUT2D eigenvalue weighted by Crippen LogP contribution is -2.51. The van der Waals surface area contributed by atoms with Gasteiger partial charge in [0.25, 0.3) is 0 Å². The number of hydrogen-bond acceptors (Lipinski definition) is 4. The van der Waals surface area contributed by atoms with Gasteiger partial charge in [0.2, 0.25) is 15.9 Å². The highest BCUT2D eigenvalue weighted by molar-refractivity contribution is 7.89. The topological polar surface area (TPSA) is 66.9 Å². The summed E-state index contributed by atoms with van der Waals surface area (Å²) in [4.78, 5) is 14.6. The maximum atomic E-state index is 12.6. The van der Waals surface area contributed by atoms with Crippen molar-refractivity contribution in [1.82, 2.24) is 9.21 Å². The van der Waals surface area contributed by atoms with Gasteiger partial charge in [0.1, 0.15) is 5.75 Å². The van der Waals surface area contributed by atoms with Gasteiger partial charge < -0.3 is 9.64 Å². The van der Waals surface area contributed by atoms with Gasteiger partial charge in [0.15, 0.2) is 0 Å². The number of piperidine rings is 1. The molecule has 2 atom stereocenters. The summed E-state index contributed by atoms with van der Waals surface area (Å²) in [5.74, 6) is 0.443. The first-order valence-electron chi connectivity index (χ1n) is 8.19. The molecular formula is C17H26N2O4S. The number of rotatable bonds is 5. The fraction of sp³-hybridized carbons (Fsp3) is 0.588. The lowest BCUT2D eigenvalue weighted by atomic mass is 9.97. The number of amides is 1. The van der Waals surface area contributed by atoms with E-state index in [1.807, 2.05) is 18.7 Å². The maximum Gasteiger partial charge on any atom is 0.243 e. The van der Waals surface area contributed by atoms with Crippen LogP contribution in [0.3, 0.4) is 0 Å². The van der Waals surface area contributed by atoms with E-state index >= 15 is 0 Å². The largest absolute Gasteiger partial charge is 0.497 e. The van der Waals surface area contributed by atoms with Crippen molar-refractivity contribution < 1.29 is 17.9 Å².